The molecule has 5 nitrogen and oxygen atoms in total. The first kappa shape index (κ1) is 17.8. The van der Waals surface area contributed by atoms with Crippen LogP contribution in [0.4, 0.5) is 0 Å². The molecule has 0 spiro atoms. The summed E-state index contributed by atoms with van der Waals surface area (Å²) in [7, 11) is 1.99. The molecule has 2 aromatic carbocycles. The van der Waals surface area contributed by atoms with E-state index in [4.69, 9.17) is 0 Å². The molecule has 0 radical (unpaired) electrons. The Morgan fingerprint density at radius 2 is 1.78 bits per heavy atom. The van der Waals surface area contributed by atoms with Gasteiger partial charge in [0.25, 0.3) is 0 Å². The van der Waals surface area contributed by atoms with Crippen LogP contribution in [0.3, 0.4) is 0 Å². The number of carbonyl (C=O) groups excluding carboxylic acids is 1. The molecular weight excluding hydrogens is 356 g/mol. The SMILES string of the molecule is Cn1c(SCC(=O)NCc2ccccc2)nnc1C1CC1c1ccccc1. The summed E-state index contributed by atoms with van der Waals surface area (Å²) >= 11 is 1.43. The summed E-state index contributed by atoms with van der Waals surface area (Å²) in [5.74, 6) is 2.30. The van der Waals surface area contributed by atoms with Gasteiger partial charge >= 0.3 is 0 Å². The van der Waals surface area contributed by atoms with Crippen molar-refractivity contribution >= 4 is 17.7 Å². The number of aromatic nitrogens is 3. The monoisotopic (exact) mass is 378 g/mol. The van der Waals surface area contributed by atoms with E-state index >= 15 is 0 Å². The van der Waals surface area contributed by atoms with Crippen LogP contribution in [0.2, 0.25) is 0 Å². The second-order valence-electron chi connectivity index (χ2n) is 6.81. The van der Waals surface area contributed by atoms with Crippen LogP contribution in [0.1, 0.15) is 35.2 Å². The predicted octanol–water partition coefficient (Wildman–Crippen LogP) is 3.49. The summed E-state index contributed by atoms with van der Waals surface area (Å²) in [5, 5.41) is 12.4. The van der Waals surface area contributed by atoms with Gasteiger partial charge in [0.15, 0.2) is 5.16 Å². The molecule has 0 saturated heterocycles. The average molecular weight is 379 g/mol. The molecule has 6 heteroatoms. The van der Waals surface area contributed by atoms with Crippen LogP contribution in [0.25, 0.3) is 0 Å². The quantitative estimate of drug-likeness (QED) is 0.640. The van der Waals surface area contributed by atoms with Gasteiger partial charge < -0.3 is 9.88 Å². The van der Waals surface area contributed by atoms with Crippen molar-refractivity contribution in [3.05, 3.63) is 77.6 Å². The number of benzene rings is 2. The fourth-order valence-corrected chi connectivity index (χ4v) is 4.05. The second-order valence-corrected chi connectivity index (χ2v) is 7.75. The van der Waals surface area contributed by atoms with E-state index in [9.17, 15) is 4.79 Å². The lowest BCUT2D eigenvalue weighted by molar-refractivity contribution is -0.118. The number of rotatable bonds is 7. The molecular formula is C21H22N4OS. The van der Waals surface area contributed by atoms with Crippen molar-refractivity contribution in [1.29, 1.82) is 0 Å². The zero-order chi connectivity index (χ0) is 18.6. The van der Waals surface area contributed by atoms with E-state index in [1.807, 2.05) is 48.0 Å². The normalized spacial score (nSPS) is 18.3. The van der Waals surface area contributed by atoms with Crippen LogP contribution in [0.15, 0.2) is 65.8 Å². The Bertz CT molecular complexity index is 910. The van der Waals surface area contributed by atoms with E-state index in [0.717, 1.165) is 23.0 Å². The summed E-state index contributed by atoms with van der Waals surface area (Å²) in [6, 6.07) is 20.5. The zero-order valence-electron chi connectivity index (χ0n) is 15.2. The molecule has 4 rings (SSSR count). The van der Waals surface area contributed by atoms with Gasteiger partial charge in [-0.1, -0.05) is 72.4 Å². The summed E-state index contributed by atoms with van der Waals surface area (Å²) in [6.07, 6.45) is 1.11. The minimum Gasteiger partial charge on any atom is -0.351 e. The third kappa shape index (κ3) is 4.22. The number of hydrogen-bond donors (Lipinski definition) is 1. The van der Waals surface area contributed by atoms with Gasteiger partial charge in [-0.2, -0.15) is 0 Å². The third-order valence-electron chi connectivity index (χ3n) is 4.88. The first-order valence-corrected chi connectivity index (χ1v) is 10.1. The summed E-state index contributed by atoms with van der Waals surface area (Å²) in [6.45, 7) is 0.547. The minimum absolute atomic E-state index is 0.00184. The Labute approximate surface area is 163 Å². The first-order valence-electron chi connectivity index (χ1n) is 9.10. The Morgan fingerprint density at radius 1 is 1.07 bits per heavy atom. The van der Waals surface area contributed by atoms with Crippen LogP contribution in [-0.4, -0.2) is 26.4 Å². The Morgan fingerprint density at radius 3 is 2.52 bits per heavy atom. The molecule has 1 heterocycles. The molecule has 0 bridgehead atoms. The van der Waals surface area contributed by atoms with Crippen LogP contribution >= 0.6 is 11.8 Å². The minimum atomic E-state index is 0.00184. The lowest BCUT2D eigenvalue weighted by Crippen LogP contribution is -2.24. The van der Waals surface area contributed by atoms with Crippen LogP contribution in [-0.2, 0) is 18.4 Å². The number of carbonyl (C=O) groups is 1. The lowest BCUT2D eigenvalue weighted by atomic mass is 10.1. The van der Waals surface area contributed by atoms with E-state index < -0.39 is 0 Å². The standard InChI is InChI=1S/C21H22N4OS/c1-25-20(18-12-17(18)16-10-6-3-7-11-16)23-24-21(25)27-14-19(26)22-13-15-8-4-2-5-9-15/h2-11,17-18H,12-14H2,1H3,(H,22,26). The summed E-state index contributed by atoms with van der Waals surface area (Å²) in [5.41, 5.74) is 2.46. The van der Waals surface area contributed by atoms with E-state index in [0.29, 0.717) is 24.1 Å². The average Bonchev–Trinajstić information content (AvgIpc) is 3.42. The number of thioether (sulfide) groups is 1. The molecule has 3 aromatic rings. The van der Waals surface area contributed by atoms with Crippen molar-refractivity contribution in [2.75, 3.05) is 5.75 Å². The molecule has 138 valence electrons. The molecule has 1 N–H and O–H groups in total. The fraction of sp³-hybridized carbons (Fsp3) is 0.286. The van der Waals surface area contributed by atoms with Crippen molar-refractivity contribution in [2.45, 2.75) is 30.0 Å². The first-order chi connectivity index (χ1) is 13.2. The molecule has 2 unspecified atom stereocenters. The molecule has 1 fully saturated rings. The van der Waals surface area contributed by atoms with Gasteiger partial charge in [0.1, 0.15) is 5.82 Å². The van der Waals surface area contributed by atoms with E-state index in [1.54, 1.807) is 0 Å². The summed E-state index contributed by atoms with van der Waals surface area (Å²) < 4.78 is 2.03. The maximum atomic E-state index is 12.1. The molecule has 27 heavy (non-hydrogen) atoms. The van der Waals surface area contributed by atoms with E-state index in [2.05, 4.69) is 39.8 Å². The maximum absolute atomic E-state index is 12.1. The molecule has 1 amide bonds. The van der Waals surface area contributed by atoms with Crippen molar-refractivity contribution in [2.24, 2.45) is 7.05 Å². The van der Waals surface area contributed by atoms with Gasteiger partial charge in [0, 0.05) is 19.5 Å². The lowest BCUT2D eigenvalue weighted by Gasteiger charge is -2.06. The highest BCUT2D eigenvalue weighted by Crippen LogP contribution is 2.54. The highest BCUT2D eigenvalue weighted by molar-refractivity contribution is 7.99. The highest BCUT2D eigenvalue weighted by atomic mass is 32.2. The fourth-order valence-electron chi connectivity index (χ4n) is 3.30. The maximum Gasteiger partial charge on any atom is 0.230 e. The Balaban J connectivity index is 1.30. The van der Waals surface area contributed by atoms with Gasteiger partial charge in [-0.25, -0.2) is 0 Å². The van der Waals surface area contributed by atoms with E-state index in [-0.39, 0.29) is 5.91 Å². The van der Waals surface area contributed by atoms with Crippen LogP contribution in [0.5, 0.6) is 0 Å². The molecule has 1 aromatic heterocycles. The van der Waals surface area contributed by atoms with Crippen LogP contribution < -0.4 is 5.32 Å². The number of nitrogens with one attached hydrogen (secondary N) is 1. The molecule has 1 aliphatic carbocycles. The van der Waals surface area contributed by atoms with Gasteiger partial charge in [0.05, 0.1) is 5.75 Å². The molecule has 2 atom stereocenters. The third-order valence-corrected chi connectivity index (χ3v) is 5.90. The van der Waals surface area contributed by atoms with Gasteiger partial charge in [-0.05, 0) is 23.5 Å². The van der Waals surface area contributed by atoms with E-state index in [1.165, 1.54) is 17.3 Å². The largest absolute Gasteiger partial charge is 0.351 e. The molecule has 1 saturated carbocycles. The Kier molecular flexibility index (Phi) is 5.25. The van der Waals surface area contributed by atoms with Gasteiger partial charge in [-0.3, -0.25) is 4.79 Å². The van der Waals surface area contributed by atoms with Crippen molar-refractivity contribution in [1.82, 2.24) is 20.1 Å². The zero-order valence-corrected chi connectivity index (χ0v) is 16.0. The topological polar surface area (TPSA) is 59.8 Å². The number of nitrogens with zero attached hydrogens (tertiary/aromatic N) is 3. The van der Waals surface area contributed by atoms with Crippen molar-refractivity contribution < 1.29 is 4.79 Å². The predicted molar refractivity (Wildman–Crippen MR) is 107 cm³/mol. The van der Waals surface area contributed by atoms with Crippen molar-refractivity contribution in [3.8, 4) is 0 Å². The summed E-state index contributed by atoms with van der Waals surface area (Å²) in [4.78, 5) is 12.1. The van der Waals surface area contributed by atoms with Crippen molar-refractivity contribution in [3.63, 3.8) is 0 Å². The highest BCUT2D eigenvalue weighted by Gasteiger charge is 2.42. The van der Waals surface area contributed by atoms with Gasteiger partial charge in [0.2, 0.25) is 5.91 Å². The van der Waals surface area contributed by atoms with Crippen LogP contribution in [0, 0.1) is 0 Å². The molecule has 0 aliphatic heterocycles. The second kappa shape index (κ2) is 7.96. The smallest absolute Gasteiger partial charge is 0.230 e. The number of hydrogen-bond acceptors (Lipinski definition) is 4. The van der Waals surface area contributed by atoms with Gasteiger partial charge in [-0.15, -0.1) is 10.2 Å². The molecule has 1 aliphatic rings. The number of amides is 1. The Hall–Kier alpha value is -2.60.